The van der Waals surface area contributed by atoms with E-state index in [0.717, 1.165) is 49.0 Å². The first-order chi connectivity index (χ1) is 15.6. The Bertz CT molecular complexity index is 1150. The van der Waals surface area contributed by atoms with Gasteiger partial charge in [-0.05, 0) is 44.0 Å². The van der Waals surface area contributed by atoms with E-state index >= 15 is 0 Å². The maximum Gasteiger partial charge on any atom is 0.287 e. The lowest BCUT2D eigenvalue weighted by Crippen LogP contribution is -2.57. The number of para-hydroxylation sites is 2. The molecule has 0 aliphatic carbocycles. The van der Waals surface area contributed by atoms with Gasteiger partial charge in [-0.1, -0.05) is 36.4 Å². The quantitative estimate of drug-likeness (QED) is 0.622. The molecule has 1 atom stereocenters. The van der Waals surface area contributed by atoms with E-state index in [4.69, 9.17) is 9.15 Å². The van der Waals surface area contributed by atoms with Crippen LogP contribution in [0.3, 0.4) is 0 Å². The Hall–Kier alpha value is -3.16. The largest absolute Gasteiger partial charge is 0.450 e. The zero-order valence-electron chi connectivity index (χ0n) is 18.1. The Labute approximate surface area is 186 Å². The molecule has 2 bridgehead atoms. The molecule has 0 saturated carbocycles. The molecule has 7 nitrogen and oxygen atoms in total. The van der Waals surface area contributed by atoms with Crippen molar-refractivity contribution in [2.45, 2.75) is 18.9 Å². The first-order valence-corrected chi connectivity index (χ1v) is 11.1. The van der Waals surface area contributed by atoms with Gasteiger partial charge in [0.1, 0.15) is 12.2 Å². The van der Waals surface area contributed by atoms with E-state index in [9.17, 15) is 9.59 Å². The van der Waals surface area contributed by atoms with Gasteiger partial charge in [0, 0.05) is 41.9 Å². The molecule has 2 N–H and O–H groups in total. The maximum atomic E-state index is 13.0. The van der Waals surface area contributed by atoms with Crippen LogP contribution < -0.4 is 10.6 Å². The number of amides is 2. The summed E-state index contributed by atoms with van der Waals surface area (Å²) in [5.74, 6) is 0.452. The maximum absolute atomic E-state index is 13.0. The monoisotopic (exact) mass is 433 g/mol. The second-order valence-corrected chi connectivity index (χ2v) is 8.58. The molecule has 2 aromatic carbocycles. The smallest absolute Gasteiger partial charge is 0.287 e. The number of anilines is 1. The van der Waals surface area contributed by atoms with Crippen LogP contribution in [0, 0.1) is 5.92 Å². The Morgan fingerprint density at radius 2 is 1.88 bits per heavy atom. The van der Waals surface area contributed by atoms with Gasteiger partial charge in [-0.25, -0.2) is 0 Å². The predicted molar refractivity (Wildman–Crippen MR) is 123 cm³/mol. The molecular weight excluding hydrogens is 406 g/mol. The molecule has 3 fully saturated rings. The fourth-order valence-corrected chi connectivity index (χ4v) is 4.90. The van der Waals surface area contributed by atoms with E-state index in [1.807, 2.05) is 42.5 Å². The van der Waals surface area contributed by atoms with Crippen molar-refractivity contribution in [2.75, 3.05) is 38.7 Å². The van der Waals surface area contributed by atoms with Crippen LogP contribution >= 0.6 is 0 Å². The minimum atomic E-state index is -0.232. The molecule has 166 valence electrons. The van der Waals surface area contributed by atoms with Crippen molar-refractivity contribution in [3.63, 3.8) is 0 Å². The lowest BCUT2D eigenvalue weighted by molar-refractivity contribution is -0.119. The summed E-state index contributed by atoms with van der Waals surface area (Å²) in [6, 6.07) is 15.3. The number of piperidine rings is 3. The summed E-state index contributed by atoms with van der Waals surface area (Å²) < 4.78 is 11.0. The van der Waals surface area contributed by atoms with Crippen LogP contribution in [0.2, 0.25) is 0 Å². The van der Waals surface area contributed by atoms with Gasteiger partial charge in [0.15, 0.2) is 5.76 Å². The van der Waals surface area contributed by atoms with Crippen molar-refractivity contribution in [1.82, 2.24) is 10.2 Å². The second-order valence-electron chi connectivity index (χ2n) is 8.58. The number of hydrogen-bond donors (Lipinski definition) is 2. The summed E-state index contributed by atoms with van der Waals surface area (Å²) >= 11 is 0. The fourth-order valence-electron chi connectivity index (χ4n) is 4.90. The van der Waals surface area contributed by atoms with Crippen LogP contribution in [0.4, 0.5) is 5.69 Å². The number of nitrogens with one attached hydrogen (secondary N) is 2. The number of rotatable bonds is 6. The summed E-state index contributed by atoms with van der Waals surface area (Å²) in [6.45, 7) is 3.15. The summed E-state index contributed by atoms with van der Waals surface area (Å²) in [7, 11) is 1.48. The van der Waals surface area contributed by atoms with Gasteiger partial charge in [0.05, 0.1) is 0 Å². The van der Waals surface area contributed by atoms with E-state index in [1.54, 1.807) is 6.07 Å². The van der Waals surface area contributed by atoms with Gasteiger partial charge >= 0.3 is 0 Å². The van der Waals surface area contributed by atoms with Crippen LogP contribution in [0.5, 0.6) is 0 Å². The topological polar surface area (TPSA) is 83.8 Å². The third-order valence-electron chi connectivity index (χ3n) is 6.51. The number of hydrogen-bond acceptors (Lipinski definition) is 5. The standard InChI is InChI=1S/C25H27N3O4/c1-31-15-23(29)26-20-8-3-2-6-18(20)19-7-4-5-17-13-22(32-24(17)19)25(30)27-21-14-28-11-9-16(21)10-12-28/h2-8,13,16,21H,9-12,14-15H2,1H3,(H,26,29)(H,27,30). The van der Waals surface area contributed by atoms with Gasteiger partial charge in [0.25, 0.3) is 5.91 Å². The van der Waals surface area contributed by atoms with Crippen molar-refractivity contribution in [3.8, 4) is 11.1 Å². The Kier molecular flexibility index (Phi) is 5.68. The molecule has 3 saturated heterocycles. The Morgan fingerprint density at radius 1 is 1.09 bits per heavy atom. The van der Waals surface area contributed by atoms with Gasteiger partial charge in [-0.15, -0.1) is 0 Å². The van der Waals surface area contributed by atoms with Crippen molar-refractivity contribution in [1.29, 1.82) is 0 Å². The predicted octanol–water partition coefficient (Wildman–Crippen LogP) is 3.51. The Morgan fingerprint density at radius 3 is 2.62 bits per heavy atom. The molecule has 3 aliphatic rings. The molecule has 0 radical (unpaired) electrons. The van der Waals surface area contributed by atoms with Gasteiger partial charge in [0.2, 0.25) is 5.91 Å². The molecule has 1 unspecified atom stereocenters. The molecule has 3 aromatic rings. The van der Waals surface area contributed by atoms with Crippen molar-refractivity contribution >= 4 is 28.5 Å². The minimum absolute atomic E-state index is 0.0246. The SMILES string of the molecule is COCC(=O)Nc1ccccc1-c1cccc2cc(C(=O)NC3CN4CCC3CC4)oc12. The lowest BCUT2D eigenvalue weighted by atomic mass is 9.84. The van der Waals surface area contributed by atoms with Gasteiger partial charge < -0.3 is 24.7 Å². The molecule has 2 amide bonds. The van der Waals surface area contributed by atoms with Gasteiger partial charge in [-0.2, -0.15) is 0 Å². The van der Waals surface area contributed by atoms with Crippen molar-refractivity contribution in [2.24, 2.45) is 5.92 Å². The number of methoxy groups -OCH3 is 1. The van der Waals surface area contributed by atoms with Crippen molar-refractivity contribution in [3.05, 3.63) is 54.3 Å². The van der Waals surface area contributed by atoms with Crippen LogP contribution in [0.25, 0.3) is 22.1 Å². The third-order valence-corrected chi connectivity index (χ3v) is 6.51. The zero-order chi connectivity index (χ0) is 22.1. The number of fused-ring (bicyclic) bond motifs is 4. The number of benzene rings is 2. The molecule has 7 heteroatoms. The Balaban J connectivity index is 1.43. The molecule has 1 aromatic heterocycles. The van der Waals surface area contributed by atoms with Crippen LogP contribution in [0.15, 0.2) is 52.9 Å². The first kappa shape index (κ1) is 20.7. The highest BCUT2D eigenvalue weighted by molar-refractivity contribution is 6.03. The number of nitrogens with zero attached hydrogens (tertiary/aromatic N) is 1. The van der Waals surface area contributed by atoms with E-state index in [-0.39, 0.29) is 24.5 Å². The van der Waals surface area contributed by atoms with Crippen LogP contribution in [-0.4, -0.2) is 56.1 Å². The summed E-state index contributed by atoms with van der Waals surface area (Å²) in [5, 5.41) is 6.92. The summed E-state index contributed by atoms with van der Waals surface area (Å²) in [4.78, 5) is 27.5. The van der Waals surface area contributed by atoms with Gasteiger partial charge in [-0.3, -0.25) is 9.59 Å². The highest BCUT2D eigenvalue weighted by Crippen LogP contribution is 2.35. The van der Waals surface area contributed by atoms with Crippen molar-refractivity contribution < 1.29 is 18.7 Å². The second kappa shape index (κ2) is 8.76. The molecule has 3 aliphatic heterocycles. The summed E-state index contributed by atoms with van der Waals surface area (Å²) in [6.07, 6.45) is 2.28. The minimum Gasteiger partial charge on any atom is -0.450 e. The molecule has 6 rings (SSSR count). The number of furan rings is 1. The normalized spacial score (nSPS) is 22.1. The molecule has 4 heterocycles. The third kappa shape index (κ3) is 4.01. The number of carbonyl (C=O) groups excluding carboxylic acids is 2. The molecule has 32 heavy (non-hydrogen) atoms. The average molecular weight is 434 g/mol. The first-order valence-electron chi connectivity index (χ1n) is 11.1. The zero-order valence-corrected chi connectivity index (χ0v) is 18.1. The highest BCUT2D eigenvalue weighted by Gasteiger charge is 2.35. The highest BCUT2D eigenvalue weighted by atomic mass is 16.5. The van der Waals surface area contributed by atoms with E-state index in [1.165, 1.54) is 7.11 Å². The fraction of sp³-hybridized carbons (Fsp3) is 0.360. The lowest BCUT2D eigenvalue weighted by Gasteiger charge is -2.44. The molecule has 0 spiro atoms. The number of carbonyl (C=O) groups is 2. The van der Waals surface area contributed by atoms with E-state index in [0.29, 0.717) is 22.9 Å². The number of ether oxygens (including phenoxy) is 1. The van der Waals surface area contributed by atoms with E-state index in [2.05, 4.69) is 15.5 Å². The van der Waals surface area contributed by atoms with Crippen LogP contribution in [0.1, 0.15) is 23.4 Å². The van der Waals surface area contributed by atoms with E-state index < -0.39 is 0 Å². The summed E-state index contributed by atoms with van der Waals surface area (Å²) in [5.41, 5.74) is 2.93. The van der Waals surface area contributed by atoms with Crippen LogP contribution in [-0.2, 0) is 9.53 Å². The average Bonchev–Trinajstić information content (AvgIpc) is 3.25. The molecular formula is C25H27N3O4.